The zero-order valence-corrected chi connectivity index (χ0v) is 15.9. The molecule has 0 radical (unpaired) electrons. The molecule has 1 saturated heterocycles. The number of aromatic nitrogens is 1. The second kappa shape index (κ2) is 7.25. The summed E-state index contributed by atoms with van der Waals surface area (Å²) in [5, 5.41) is 3.44. The van der Waals surface area contributed by atoms with Crippen LogP contribution in [0.2, 0.25) is 0 Å². The number of nitrogens with zero attached hydrogens (tertiary/aromatic N) is 2. The molecule has 7 heteroatoms. The topological polar surface area (TPSA) is 71.2 Å². The Morgan fingerprint density at radius 3 is 2.85 bits per heavy atom. The summed E-state index contributed by atoms with van der Waals surface area (Å²) in [6.45, 7) is 1.75. The lowest BCUT2D eigenvalue weighted by molar-refractivity contribution is 0.0968. The number of halogens is 1. The first-order valence-electron chi connectivity index (χ1n) is 8.96. The first-order valence-corrected chi connectivity index (χ1v) is 9.78. The number of hydrogen-bond donors (Lipinski definition) is 2. The second-order valence-electron chi connectivity index (χ2n) is 6.77. The van der Waals surface area contributed by atoms with Crippen LogP contribution in [0.5, 0.6) is 0 Å². The van der Waals surface area contributed by atoms with Gasteiger partial charge in [0.05, 0.1) is 17.4 Å². The molecule has 1 aliphatic heterocycles. The van der Waals surface area contributed by atoms with Gasteiger partial charge in [0.1, 0.15) is 15.5 Å². The van der Waals surface area contributed by atoms with Crippen LogP contribution in [0.25, 0.3) is 10.2 Å². The van der Waals surface area contributed by atoms with Crippen molar-refractivity contribution in [1.29, 1.82) is 0 Å². The summed E-state index contributed by atoms with van der Waals surface area (Å²) in [5.74, 6) is -0.401. The van der Waals surface area contributed by atoms with E-state index in [4.69, 9.17) is 10.7 Å². The van der Waals surface area contributed by atoms with Gasteiger partial charge in [0.2, 0.25) is 0 Å². The smallest absolute Gasteiger partial charge is 0.263 e. The molecule has 4 rings (SSSR count). The molecule has 0 bridgehead atoms. The number of thiophene rings is 1. The fourth-order valence-corrected chi connectivity index (χ4v) is 4.70. The summed E-state index contributed by atoms with van der Waals surface area (Å²) in [6, 6.07) is 10.8. The van der Waals surface area contributed by atoms with Crippen LogP contribution >= 0.6 is 11.3 Å². The van der Waals surface area contributed by atoms with Crippen molar-refractivity contribution in [3.05, 3.63) is 58.3 Å². The third-order valence-electron chi connectivity index (χ3n) is 5.05. The number of fused-ring (bicyclic) bond motifs is 1. The average molecular weight is 384 g/mol. The molecule has 1 aromatic carbocycles. The van der Waals surface area contributed by atoms with Gasteiger partial charge in [0.15, 0.2) is 0 Å². The number of nitrogen functional groups attached to an aromatic ring is 1. The fourth-order valence-electron chi connectivity index (χ4n) is 3.65. The predicted molar refractivity (Wildman–Crippen MR) is 106 cm³/mol. The molecule has 0 unspecified atom stereocenters. The van der Waals surface area contributed by atoms with Gasteiger partial charge >= 0.3 is 0 Å². The molecule has 0 aliphatic carbocycles. The quantitative estimate of drug-likeness (QED) is 0.719. The third kappa shape index (κ3) is 3.40. The van der Waals surface area contributed by atoms with Crippen molar-refractivity contribution >= 4 is 33.1 Å². The molecule has 3 aromatic rings. The normalized spacial score (nSPS) is 17.5. The minimum Gasteiger partial charge on any atom is -0.397 e. The maximum absolute atomic E-state index is 13.1. The molecule has 27 heavy (non-hydrogen) atoms. The van der Waals surface area contributed by atoms with E-state index in [0.29, 0.717) is 10.6 Å². The van der Waals surface area contributed by atoms with E-state index in [-0.39, 0.29) is 17.8 Å². The summed E-state index contributed by atoms with van der Waals surface area (Å²) in [5.41, 5.74) is 8.70. The van der Waals surface area contributed by atoms with Crippen LogP contribution < -0.4 is 11.1 Å². The highest BCUT2D eigenvalue weighted by Gasteiger charge is 2.28. The first kappa shape index (κ1) is 17.9. The number of pyridine rings is 1. The number of hydrogen-bond acceptors (Lipinski definition) is 5. The van der Waals surface area contributed by atoms with Gasteiger partial charge in [-0.15, -0.1) is 11.3 Å². The molecule has 1 aliphatic rings. The number of anilines is 1. The lowest BCUT2D eigenvalue weighted by Gasteiger charge is -2.24. The number of likely N-dealkylation sites (tertiary alicyclic amines) is 1. The lowest BCUT2D eigenvalue weighted by Crippen LogP contribution is -2.23. The Morgan fingerprint density at radius 1 is 1.33 bits per heavy atom. The van der Waals surface area contributed by atoms with E-state index in [0.717, 1.165) is 47.4 Å². The Balaban J connectivity index is 1.62. The van der Waals surface area contributed by atoms with Gasteiger partial charge < -0.3 is 11.1 Å². The molecule has 3 N–H and O–H groups in total. The van der Waals surface area contributed by atoms with Gasteiger partial charge in [-0.1, -0.05) is 12.1 Å². The maximum Gasteiger partial charge on any atom is 0.263 e. The van der Waals surface area contributed by atoms with E-state index in [1.807, 2.05) is 24.3 Å². The van der Waals surface area contributed by atoms with Crippen LogP contribution in [0.3, 0.4) is 0 Å². The van der Waals surface area contributed by atoms with Gasteiger partial charge in [-0.05, 0) is 49.2 Å². The van der Waals surface area contributed by atoms with E-state index < -0.39 is 0 Å². The standard InChI is InChI=1S/C20H21FN4OS/c1-23-19(26)18-17(22)14-8-9-15(24-20(14)27-18)16-3-2-10-25(16)11-12-4-6-13(21)7-5-12/h4-9,16H,2-3,10-11,22H2,1H3,(H,23,26)/t16-/m0/s1. The number of nitrogens with two attached hydrogens (primary N) is 1. The molecule has 140 valence electrons. The monoisotopic (exact) mass is 384 g/mol. The van der Waals surface area contributed by atoms with Crippen LogP contribution in [-0.4, -0.2) is 29.4 Å². The van der Waals surface area contributed by atoms with Crippen molar-refractivity contribution < 1.29 is 9.18 Å². The number of benzene rings is 1. The molecule has 0 spiro atoms. The summed E-state index contributed by atoms with van der Waals surface area (Å²) in [6.07, 6.45) is 2.13. The van der Waals surface area contributed by atoms with Gasteiger partial charge in [-0.25, -0.2) is 9.37 Å². The Labute approximate surface area is 161 Å². The maximum atomic E-state index is 13.1. The predicted octanol–water partition coefficient (Wildman–Crippen LogP) is 3.71. The van der Waals surface area contributed by atoms with Crippen LogP contribution in [0.15, 0.2) is 36.4 Å². The SMILES string of the molecule is CNC(=O)c1sc2nc([C@@H]3CCCN3Cc3ccc(F)cc3)ccc2c1N. The Hall–Kier alpha value is -2.51. The minimum atomic E-state index is -0.217. The van der Waals surface area contributed by atoms with Gasteiger partial charge in [0.25, 0.3) is 5.91 Å². The van der Waals surface area contributed by atoms with Crippen molar-refractivity contribution in [2.75, 3.05) is 19.3 Å². The number of nitrogens with one attached hydrogen (secondary N) is 1. The molecule has 2 aromatic heterocycles. The van der Waals surface area contributed by atoms with Crippen molar-refractivity contribution in [3.63, 3.8) is 0 Å². The van der Waals surface area contributed by atoms with Crippen molar-refractivity contribution in [1.82, 2.24) is 15.2 Å². The van der Waals surface area contributed by atoms with Crippen molar-refractivity contribution in [2.24, 2.45) is 0 Å². The zero-order valence-electron chi connectivity index (χ0n) is 15.0. The van der Waals surface area contributed by atoms with Crippen LogP contribution in [0, 0.1) is 5.82 Å². The summed E-state index contributed by atoms with van der Waals surface area (Å²) in [7, 11) is 1.59. The Kier molecular flexibility index (Phi) is 4.80. The molecular formula is C20H21FN4OS. The highest BCUT2D eigenvalue weighted by molar-refractivity contribution is 7.21. The van der Waals surface area contributed by atoms with Crippen LogP contribution in [0.4, 0.5) is 10.1 Å². The van der Waals surface area contributed by atoms with Gasteiger partial charge in [-0.3, -0.25) is 9.69 Å². The summed E-state index contributed by atoms with van der Waals surface area (Å²) >= 11 is 1.33. The van der Waals surface area contributed by atoms with E-state index in [9.17, 15) is 9.18 Å². The molecule has 1 amide bonds. The van der Waals surface area contributed by atoms with Gasteiger partial charge in [-0.2, -0.15) is 0 Å². The first-order chi connectivity index (χ1) is 13.1. The molecule has 3 heterocycles. The number of carbonyl (C=O) groups is 1. The minimum absolute atomic E-state index is 0.184. The molecule has 5 nitrogen and oxygen atoms in total. The number of carbonyl (C=O) groups excluding carboxylic acids is 1. The van der Waals surface area contributed by atoms with E-state index in [1.165, 1.54) is 23.5 Å². The van der Waals surface area contributed by atoms with E-state index in [1.54, 1.807) is 7.05 Å². The second-order valence-corrected chi connectivity index (χ2v) is 7.77. The fraction of sp³-hybridized carbons (Fsp3) is 0.300. The largest absolute Gasteiger partial charge is 0.397 e. The third-order valence-corrected chi connectivity index (χ3v) is 6.17. The summed E-state index contributed by atoms with van der Waals surface area (Å²) < 4.78 is 13.1. The highest BCUT2D eigenvalue weighted by atomic mass is 32.1. The van der Waals surface area contributed by atoms with Crippen LogP contribution in [-0.2, 0) is 6.54 Å². The Bertz CT molecular complexity index is 986. The molecule has 1 atom stereocenters. The van der Waals surface area contributed by atoms with Crippen molar-refractivity contribution in [2.45, 2.75) is 25.4 Å². The summed E-state index contributed by atoms with van der Waals surface area (Å²) in [4.78, 5) is 20.5. The average Bonchev–Trinajstić information content (AvgIpc) is 3.27. The molecule has 1 fully saturated rings. The van der Waals surface area contributed by atoms with E-state index >= 15 is 0 Å². The Morgan fingerprint density at radius 2 is 2.11 bits per heavy atom. The van der Waals surface area contributed by atoms with E-state index in [2.05, 4.69) is 10.2 Å². The zero-order chi connectivity index (χ0) is 19.0. The number of rotatable bonds is 4. The van der Waals surface area contributed by atoms with Gasteiger partial charge in [0, 0.05) is 19.0 Å². The van der Waals surface area contributed by atoms with Crippen molar-refractivity contribution in [3.8, 4) is 0 Å². The number of amides is 1. The van der Waals surface area contributed by atoms with Crippen LogP contribution in [0.1, 0.15) is 39.8 Å². The lowest BCUT2D eigenvalue weighted by atomic mass is 10.1. The highest BCUT2D eigenvalue weighted by Crippen LogP contribution is 2.37. The molecule has 0 saturated carbocycles. The molecular weight excluding hydrogens is 363 g/mol.